The van der Waals surface area contributed by atoms with Gasteiger partial charge in [0.2, 0.25) is 0 Å². The van der Waals surface area contributed by atoms with Gasteiger partial charge < -0.3 is 9.78 Å². The normalized spacial score (nSPS) is 9.40. The van der Waals surface area contributed by atoms with Crippen LogP contribution in [-0.2, 0) is 4.76 Å². The molecule has 0 atom stereocenters. The summed E-state index contributed by atoms with van der Waals surface area (Å²) in [7, 11) is -1.14. The first-order valence-electron chi connectivity index (χ1n) is 2.63. The largest absolute Gasteiger partial charge is 0.511 e. The van der Waals surface area contributed by atoms with Gasteiger partial charge >= 0.3 is 7.12 Å². The van der Waals surface area contributed by atoms with E-state index in [2.05, 4.69) is 14.7 Å². The Bertz CT molecular complexity index is 195. The van der Waals surface area contributed by atoms with E-state index in [1.54, 1.807) is 0 Å². The lowest BCUT2D eigenvalue weighted by molar-refractivity contribution is 0.281. The van der Waals surface area contributed by atoms with Crippen LogP contribution in [0.2, 0.25) is 0 Å². The molecule has 1 aromatic rings. The van der Waals surface area contributed by atoms with Gasteiger partial charge in [-0.2, -0.15) is 0 Å². The van der Waals surface area contributed by atoms with Gasteiger partial charge in [-0.3, -0.25) is 0 Å². The molecule has 10 heavy (non-hydrogen) atoms. The van der Waals surface area contributed by atoms with Crippen LogP contribution < -0.4 is 11.4 Å². The highest BCUT2D eigenvalue weighted by atomic mass is 16.6. The Morgan fingerprint density at radius 2 is 2.10 bits per heavy atom. The molecular weight excluding hydrogens is 133 g/mol. The zero-order chi connectivity index (χ0) is 7.40. The van der Waals surface area contributed by atoms with Gasteiger partial charge in [0.1, 0.15) is 6.33 Å². The minimum Gasteiger partial charge on any atom is -0.422 e. The summed E-state index contributed by atoms with van der Waals surface area (Å²) in [6.07, 6.45) is 4.20. The van der Waals surface area contributed by atoms with Gasteiger partial charge in [-0.05, 0) is 0 Å². The molecule has 0 aromatic carbocycles. The molecule has 0 aliphatic heterocycles. The summed E-state index contributed by atoms with van der Waals surface area (Å²) in [4.78, 5) is 7.29. The van der Waals surface area contributed by atoms with Crippen LogP contribution in [0.25, 0.3) is 0 Å². The number of nitrogens with two attached hydrogens (primary N) is 1. The number of aromatic nitrogens is 2. The van der Waals surface area contributed by atoms with Crippen molar-refractivity contribution in [3.63, 3.8) is 0 Å². The molecule has 0 unspecified atom stereocenters. The molecule has 0 radical (unpaired) electrons. The lowest BCUT2D eigenvalue weighted by Gasteiger charge is -1.98. The summed E-state index contributed by atoms with van der Waals surface area (Å²) in [5.74, 6) is 4.70. The van der Waals surface area contributed by atoms with E-state index in [0.717, 1.165) is 0 Å². The molecule has 1 heterocycles. The van der Waals surface area contributed by atoms with E-state index in [1.807, 2.05) is 0 Å². The summed E-state index contributed by atoms with van der Waals surface area (Å²) in [5, 5.41) is 8.90. The molecule has 5 nitrogen and oxygen atoms in total. The molecule has 1 rings (SSSR count). The Hall–Kier alpha value is -0.975. The minimum atomic E-state index is -1.14. The maximum atomic E-state index is 8.90. The lowest BCUT2D eigenvalue weighted by atomic mass is 9.82. The number of hydrogen-bond donors (Lipinski definition) is 2. The fourth-order valence-corrected chi connectivity index (χ4v) is 0.517. The van der Waals surface area contributed by atoms with Crippen molar-refractivity contribution in [3.05, 3.63) is 18.7 Å². The summed E-state index contributed by atoms with van der Waals surface area (Å²) in [5.41, 5.74) is 0.435. The number of hydrogen-bond acceptors (Lipinski definition) is 5. The van der Waals surface area contributed by atoms with Crippen LogP contribution in [0.4, 0.5) is 0 Å². The molecule has 0 saturated carbocycles. The average molecular weight is 139 g/mol. The fourth-order valence-electron chi connectivity index (χ4n) is 0.517. The van der Waals surface area contributed by atoms with Crippen molar-refractivity contribution in [1.82, 2.24) is 9.97 Å². The topological polar surface area (TPSA) is 81.3 Å². The maximum absolute atomic E-state index is 8.90. The summed E-state index contributed by atoms with van der Waals surface area (Å²) < 4.78 is 4.11. The molecule has 0 saturated heterocycles. The maximum Gasteiger partial charge on any atom is 0.511 e. The van der Waals surface area contributed by atoms with Crippen LogP contribution in [0.3, 0.4) is 0 Å². The minimum absolute atomic E-state index is 0.435. The van der Waals surface area contributed by atoms with Crippen molar-refractivity contribution in [2.75, 3.05) is 0 Å². The Labute approximate surface area is 58.0 Å². The Morgan fingerprint density at radius 3 is 2.60 bits per heavy atom. The third-order valence-electron chi connectivity index (χ3n) is 0.995. The predicted molar refractivity (Wildman–Crippen MR) is 34.9 cm³/mol. The predicted octanol–water partition coefficient (Wildman–Crippen LogP) is -1.95. The highest BCUT2D eigenvalue weighted by molar-refractivity contribution is 6.59. The van der Waals surface area contributed by atoms with Crippen molar-refractivity contribution < 1.29 is 9.78 Å². The third-order valence-corrected chi connectivity index (χ3v) is 0.995. The van der Waals surface area contributed by atoms with Gasteiger partial charge in [0.25, 0.3) is 0 Å². The monoisotopic (exact) mass is 139 g/mol. The zero-order valence-electron chi connectivity index (χ0n) is 5.14. The summed E-state index contributed by atoms with van der Waals surface area (Å²) in [6.45, 7) is 0. The van der Waals surface area contributed by atoms with Crippen LogP contribution >= 0.6 is 0 Å². The quantitative estimate of drug-likeness (QED) is 0.367. The molecule has 0 aliphatic carbocycles. The third kappa shape index (κ3) is 1.50. The molecule has 6 heteroatoms. The molecule has 3 N–H and O–H groups in total. The van der Waals surface area contributed by atoms with Gasteiger partial charge in [-0.25, -0.2) is 15.9 Å². The van der Waals surface area contributed by atoms with Crippen LogP contribution in [0.15, 0.2) is 18.7 Å². The van der Waals surface area contributed by atoms with Crippen LogP contribution in [0.5, 0.6) is 0 Å². The van der Waals surface area contributed by atoms with Crippen LogP contribution in [0, 0.1) is 0 Å². The van der Waals surface area contributed by atoms with Gasteiger partial charge in [0, 0.05) is 17.9 Å². The second-order valence-corrected chi connectivity index (χ2v) is 1.66. The first-order chi connectivity index (χ1) is 4.84. The summed E-state index contributed by atoms with van der Waals surface area (Å²) in [6, 6.07) is 0. The second kappa shape index (κ2) is 3.26. The van der Waals surface area contributed by atoms with Crippen molar-refractivity contribution >= 4 is 12.6 Å². The molecule has 1 aromatic heterocycles. The van der Waals surface area contributed by atoms with E-state index in [1.165, 1.54) is 18.7 Å². The Kier molecular flexibility index (Phi) is 2.32. The first-order valence-corrected chi connectivity index (χ1v) is 2.63. The van der Waals surface area contributed by atoms with Crippen molar-refractivity contribution in [3.8, 4) is 0 Å². The molecule has 0 fully saturated rings. The Morgan fingerprint density at radius 1 is 1.50 bits per heavy atom. The highest BCUT2D eigenvalue weighted by Gasteiger charge is 2.14. The van der Waals surface area contributed by atoms with Crippen LogP contribution in [0.1, 0.15) is 0 Å². The second-order valence-electron chi connectivity index (χ2n) is 1.66. The van der Waals surface area contributed by atoms with Crippen LogP contribution in [-0.4, -0.2) is 22.1 Å². The van der Waals surface area contributed by atoms with E-state index in [4.69, 9.17) is 10.9 Å². The molecule has 52 valence electrons. The Balaban J connectivity index is 2.75. The van der Waals surface area contributed by atoms with Gasteiger partial charge in [0.15, 0.2) is 0 Å². The molecule has 0 aliphatic rings. The van der Waals surface area contributed by atoms with Crippen molar-refractivity contribution in [2.45, 2.75) is 0 Å². The lowest BCUT2D eigenvalue weighted by Crippen LogP contribution is -2.36. The first kappa shape index (κ1) is 7.14. The summed E-state index contributed by atoms with van der Waals surface area (Å²) >= 11 is 0. The van der Waals surface area contributed by atoms with E-state index >= 15 is 0 Å². The highest BCUT2D eigenvalue weighted by Crippen LogP contribution is 1.76. The van der Waals surface area contributed by atoms with Gasteiger partial charge in [-0.1, -0.05) is 0 Å². The molecule has 0 bridgehead atoms. The smallest absolute Gasteiger partial charge is 0.422 e. The SMILES string of the molecule is NOB(O)c1cncnc1. The molecular formula is C4H6BN3O2. The number of nitrogens with zero attached hydrogens (tertiary/aromatic N) is 2. The molecule has 0 amide bonds. The van der Waals surface area contributed by atoms with Gasteiger partial charge in [-0.15, -0.1) is 0 Å². The fraction of sp³-hybridized carbons (Fsp3) is 0. The van der Waals surface area contributed by atoms with E-state index in [9.17, 15) is 0 Å². The zero-order valence-corrected chi connectivity index (χ0v) is 5.14. The van der Waals surface area contributed by atoms with Crippen molar-refractivity contribution in [2.24, 2.45) is 5.90 Å². The van der Waals surface area contributed by atoms with E-state index in [-0.39, 0.29) is 0 Å². The van der Waals surface area contributed by atoms with E-state index < -0.39 is 7.12 Å². The standard InChI is InChI=1S/C4H6BN3O2/c6-10-5(9)4-1-7-3-8-2-4/h1-3,9H,6H2. The van der Waals surface area contributed by atoms with E-state index in [0.29, 0.717) is 5.46 Å². The van der Waals surface area contributed by atoms with Crippen molar-refractivity contribution in [1.29, 1.82) is 0 Å². The van der Waals surface area contributed by atoms with Gasteiger partial charge in [0.05, 0.1) is 0 Å². The molecule has 0 spiro atoms. The average Bonchev–Trinajstić information content (AvgIpc) is 2.05. The number of rotatable bonds is 2.